The topological polar surface area (TPSA) is 88.4 Å². The Balaban J connectivity index is 1.90. The number of pyridine rings is 1. The molecule has 2 aromatic heterocycles. The molecule has 0 aliphatic carbocycles. The lowest BCUT2D eigenvalue weighted by molar-refractivity contribution is 0.0786. The van der Waals surface area contributed by atoms with Crippen molar-refractivity contribution in [3.05, 3.63) is 70.8 Å². The van der Waals surface area contributed by atoms with Crippen LogP contribution in [0.15, 0.2) is 64.3 Å². The van der Waals surface area contributed by atoms with E-state index in [1.807, 2.05) is 24.3 Å². The molecule has 0 aliphatic rings. The van der Waals surface area contributed by atoms with Crippen molar-refractivity contribution in [2.45, 2.75) is 19.4 Å². The van der Waals surface area contributed by atoms with Crippen molar-refractivity contribution in [1.29, 1.82) is 0 Å². The van der Waals surface area contributed by atoms with Crippen molar-refractivity contribution in [1.82, 2.24) is 9.97 Å². The zero-order chi connectivity index (χ0) is 19.9. The summed E-state index contributed by atoms with van der Waals surface area (Å²) in [6.07, 6.45) is 2.91. The molecule has 0 spiro atoms. The van der Waals surface area contributed by atoms with Crippen LogP contribution >= 0.6 is 0 Å². The van der Waals surface area contributed by atoms with Crippen LogP contribution in [-0.2, 0) is 5.60 Å². The number of benzene rings is 2. The Morgan fingerprint density at radius 1 is 1.18 bits per heavy atom. The van der Waals surface area contributed by atoms with E-state index in [4.69, 9.17) is 9.15 Å². The van der Waals surface area contributed by atoms with Gasteiger partial charge in [0.05, 0.1) is 30.0 Å². The third kappa shape index (κ3) is 3.18. The summed E-state index contributed by atoms with van der Waals surface area (Å²) in [6.45, 7) is 3.45. The number of oxazole rings is 1. The number of H-pyrrole nitrogens is 1. The molecule has 0 bridgehead atoms. The van der Waals surface area contributed by atoms with E-state index in [-0.39, 0.29) is 5.43 Å². The summed E-state index contributed by atoms with van der Waals surface area (Å²) in [5.41, 5.74) is 2.47. The first-order chi connectivity index (χ1) is 13.4. The number of methoxy groups -OCH3 is 1. The van der Waals surface area contributed by atoms with Gasteiger partial charge >= 0.3 is 0 Å². The van der Waals surface area contributed by atoms with Crippen molar-refractivity contribution < 1.29 is 14.3 Å². The van der Waals surface area contributed by atoms with Crippen LogP contribution in [0.2, 0.25) is 0 Å². The molecule has 4 rings (SSSR count). The van der Waals surface area contributed by atoms with Crippen LogP contribution in [0.4, 0.5) is 0 Å². The standard InChI is InChI=1S/C22H20N2O4/c1-22(2,26)14-6-4-5-13(7-14)17-9-19(25)15-8-16(21-11-23-12-28-21)20(27-3)10-18(15)24-17/h4-12,26H,1-3H3,(H,24,25). The highest BCUT2D eigenvalue weighted by Gasteiger charge is 2.17. The van der Waals surface area contributed by atoms with E-state index in [1.54, 1.807) is 45.4 Å². The van der Waals surface area contributed by atoms with Gasteiger partial charge in [0.25, 0.3) is 0 Å². The van der Waals surface area contributed by atoms with Gasteiger partial charge in [0.2, 0.25) is 0 Å². The van der Waals surface area contributed by atoms with Gasteiger partial charge in [0.15, 0.2) is 17.6 Å². The second-order valence-corrected chi connectivity index (χ2v) is 7.15. The summed E-state index contributed by atoms with van der Waals surface area (Å²) in [7, 11) is 1.57. The molecular formula is C22H20N2O4. The van der Waals surface area contributed by atoms with Crippen LogP contribution in [0.3, 0.4) is 0 Å². The fraction of sp³-hybridized carbons (Fsp3) is 0.182. The van der Waals surface area contributed by atoms with Gasteiger partial charge in [-0.3, -0.25) is 4.79 Å². The lowest BCUT2D eigenvalue weighted by Crippen LogP contribution is -2.15. The molecule has 4 aromatic rings. The van der Waals surface area contributed by atoms with Gasteiger partial charge in [-0.05, 0) is 37.1 Å². The second-order valence-electron chi connectivity index (χ2n) is 7.15. The van der Waals surface area contributed by atoms with Gasteiger partial charge in [-0.25, -0.2) is 4.98 Å². The largest absolute Gasteiger partial charge is 0.496 e. The van der Waals surface area contributed by atoms with Crippen molar-refractivity contribution in [3.63, 3.8) is 0 Å². The predicted octanol–water partition coefficient (Wildman–Crippen LogP) is 4.09. The maximum atomic E-state index is 12.8. The Kier molecular flexibility index (Phi) is 4.28. The SMILES string of the molecule is COc1cc2[nH]c(-c3cccc(C(C)(C)O)c3)cc(=O)c2cc1-c1cnco1. The summed E-state index contributed by atoms with van der Waals surface area (Å²) in [5, 5.41) is 10.8. The van der Waals surface area contributed by atoms with Gasteiger partial charge in [-0.1, -0.05) is 18.2 Å². The smallest absolute Gasteiger partial charge is 0.190 e. The van der Waals surface area contributed by atoms with Gasteiger partial charge in [-0.15, -0.1) is 0 Å². The molecular weight excluding hydrogens is 356 g/mol. The number of nitrogens with one attached hydrogen (secondary N) is 1. The number of rotatable bonds is 4. The second kappa shape index (κ2) is 6.65. The highest BCUT2D eigenvalue weighted by molar-refractivity contribution is 5.88. The van der Waals surface area contributed by atoms with E-state index < -0.39 is 5.60 Å². The van der Waals surface area contributed by atoms with Crippen LogP contribution in [0.1, 0.15) is 19.4 Å². The van der Waals surface area contributed by atoms with Crippen molar-refractivity contribution in [2.24, 2.45) is 0 Å². The molecule has 0 unspecified atom stereocenters. The number of hydrogen-bond acceptors (Lipinski definition) is 5. The Bertz CT molecular complexity index is 1200. The first-order valence-corrected chi connectivity index (χ1v) is 8.84. The molecule has 0 radical (unpaired) electrons. The van der Waals surface area contributed by atoms with E-state index >= 15 is 0 Å². The van der Waals surface area contributed by atoms with Crippen LogP contribution < -0.4 is 10.2 Å². The number of aromatic amines is 1. The summed E-state index contributed by atoms with van der Waals surface area (Å²) >= 11 is 0. The Morgan fingerprint density at radius 2 is 2.00 bits per heavy atom. The van der Waals surface area contributed by atoms with E-state index in [0.29, 0.717) is 33.7 Å². The Hall–Kier alpha value is -3.38. The molecule has 6 heteroatoms. The number of aromatic nitrogens is 2. The van der Waals surface area contributed by atoms with E-state index in [9.17, 15) is 9.90 Å². The average Bonchev–Trinajstić information content (AvgIpc) is 3.21. The number of hydrogen-bond donors (Lipinski definition) is 2. The number of fused-ring (bicyclic) bond motifs is 1. The van der Waals surface area contributed by atoms with Crippen molar-refractivity contribution in [3.8, 4) is 28.3 Å². The molecule has 28 heavy (non-hydrogen) atoms. The van der Waals surface area contributed by atoms with Gasteiger partial charge in [-0.2, -0.15) is 0 Å². The quantitative estimate of drug-likeness (QED) is 0.560. The monoisotopic (exact) mass is 376 g/mol. The zero-order valence-corrected chi connectivity index (χ0v) is 15.8. The molecule has 2 heterocycles. The van der Waals surface area contributed by atoms with Crippen LogP contribution in [0.25, 0.3) is 33.5 Å². The molecule has 0 saturated carbocycles. The molecule has 0 amide bonds. The molecule has 2 aromatic carbocycles. The maximum Gasteiger partial charge on any atom is 0.190 e. The molecule has 0 saturated heterocycles. The minimum atomic E-state index is -0.970. The number of aliphatic hydroxyl groups is 1. The fourth-order valence-corrected chi connectivity index (χ4v) is 3.21. The van der Waals surface area contributed by atoms with Gasteiger partial charge < -0.3 is 19.2 Å². The average molecular weight is 376 g/mol. The summed E-state index contributed by atoms with van der Waals surface area (Å²) in [4.78, 5) is 20.1. The molecule has 0 fully saturated rings. The molecule has 6 nitrogen and oxygen atoms in total. The van der Waals surface area contributed by atoms with Crippen molar-refractivity contribution >= 4 is 10.9 Å². The van der Waals surface area contributed by atoms with Crippen molar-refractivity contribution in [2.75, 3.05) is 7.11 Å². The number of nitrogens with zero attached hydrogens (tertiary/aromatic N) is 1. The summed E-state index contributed by atoms with van der Waals surface area (Å²) in [5.74, 6) is 1.10. The van der Waals surface area contributed by atoms with Gasteiger partial charge in [0.1, 0.15) is 5.75 Å². The predicted molar refractivity (Wildman–Crippen MR) is 107 cm³/mol. The van der Waals surface area contributed by atoms with Crippen LogP contribution in [-0.4, -0.2) is 22.2 Å². The third-order valence-corrected chi connectivity index (χ3v) is 4.73. The highest BCUT2D eigenvalue weighted by atomic mass is 16.5. The summed E-state index contributed by atoms with van der Waals surface area (Å²) in [6, 6.07) is 12.6. The molecule has 2 N–H and O–H groups in total. The molecule has 0 aliphatic heterocycles. The minimum Gasteiger partial charge on any atom is -0.496 e. The van der Waals surface area contributed by atoms with Gasteiger partial charge in [0, 0.05) is 23.2 Å². The Labute approximate surface area is 161 Å². The van der Waals surface area contributed by atoms with E-state index in [0.717, 1.165) is 11.1 Å². The highest BCUT2D eigenvalue weighted by Crippen LogP contribution is 2.33. The molecule has 0 atom stereocenters. The van der Waals surface area contributed by atoms with E-state index in [2.05, 4.69) is 9.97 Å². The third-order valence-electron chi connectivity index (χ3n) is 4.73. The lowest BCUT2D eigenvalue weighted by atomic mass is 9.95. The zero-order valence-electron chi connectivity index (χ0n) is 15.8. The summed E-state index contributed by atoms with van der Waals surface area (Å²) < 4.78 is 10.8. The first kappa shape index (κ1) is 18.0. The van der Waals surface area contributed by atoms with E-state index in [1.165, 1.54) is 6.39 Å². The Morgan fingerprint density at radius 3 is 2.68 bits per heavy atom. The van der Waals surface area contributed by atoms with Crippen LogP contribution in [0, 0.1) is 0 Å². The number of ether oxygens (including phenoxy) is 1. The maximum absolute atomic E-state index is 12.8. The lowest BCUT2D eigenvalue weighted by Gasteiger charge is -2.18. The first-order valence-electron chi connectivity index (χ1n) is 8.84. The van der Waals surface area contributed by atoms with Crippen LogP contribution in [0.5, 0.6) is 5.75 Å². The minimum absolute atomic E-state index is 0.124. The molecule has 142 valence electrons. The fourth-order valence-electron chi connectivity index (χ4n) is 3.21. The normalized spacial score (nSPS) is 11.7.